The highest BCUT2D eigenvalue weighted by Crippen LogP contribution is 2.21. The van der Waals surface area contributed by atoms with Crippen molar-refractivity contribution in [3.8, 4) is 0 Å². The van der Waals surface area contributed by atoms with Crippen LogP contribution in [0.2, 0.25) is 0 Å². The number of hydrogen-bond donors (Lipinski definition) is 2. The zero-order chi connectivity index (χ0) is 14.5. The highest BCUT2D eigenvalue weighted by molar-refractivity contribution is 5.92. The summed E-state index contributed by atoms with van der Waals surface area (Å²) >= 11 is 0. The van der Waals surface area contributed by atoms with Gasteiger partial charge in [-0.2, -0.15) is 0 Å². The number of nitro benzene ring substituents is 1. The molecular weight excluding hydrogens is 258 g/mol. The van der Waals surface area contributed by atoms with Crippen molar-refractivity contribution in [2.45, 2.75) is 26.2 Å². The quantitative estimate of drug-likeness (QED) is 0.635. The molecule has 0 bridgehead atoms. The largest absolute Gasteiger partial charge is 0.327 e. The maximum atomic E-state index is 12.0. The highest BCUT2D eigenvalue weighted by Gasteiger charge is 2.18. The minimum Gasteiger partial charge on any atom is -0.327 e. The molecule has 6 heteroatoms. The Hall–Kier alpha value is -1.95. The normalized spacial score (nSPS) is 15.8. The van der Waals surface area contributed by atoms with Crippen molar-refractivity contribution in [3.05, 3.63) is 33.9 Å². The smallest absolute Gasteiger partial charge is 0.279 e. The molecular formula is C14H20N3O3+. The number of nitrogens with zero attached hydrogens (tertiary/aromatic N) is 1. The molecule has 2 N–H and O–H groups in total. The molecule has 108 valence electrons. The van der Waals surface area contributed by atoms with Crippen molar-refractivity contribution >= 4 is 17.3 Å². The molecule has 0 aromatic heterocycles. The van der Waals surface area contributed by atoms with Gasteiger partial charge in [0.1, 0.15) is 0 Å². The second kappa shape index (κ2) is 6.47. The fourth-order valence-electron chi connectivity index (χ4n) is 2.51. The Morgan fingerprint density at radius 3 is 2.70 bits per heavy atom. The number of non-ortho nitro benzene ring substituents is 1. The van der Waals surface area contributed by atoms with Crippen molar-refractivity contribution in [3.63, 3.8) is 0 Å². The van der Waals surface area contributed by atoms with Crippen molar-refractivity contribution in [1.29, 1.82) is 0 Å². The maximum absolute atomic E-state index is 12.0. The zero-order valence-corrected chi connectivity index (χ0v) is 11.6. The van der Waals surface area contributed by atoms with Crippen molar-refractivity contribution in [2.24, 2.45) is 0 Å². The Bertz CT molecular complexity index is 510. The molecule has 0 aliphatic carbocycles. The summed E-state index contributed by atoms with van der Waals surface area (Å²) in [6, 6.07) is 4.52. The van der Waals surface area contributed by atoms with Crippen LogP contribution in [0.15, 0.2) is 18.2 Å². The molecule has 1 aromatic carbocycles. The van der Waals surface area contributed by atoms with Gasteiger partial charge in [0, 0.05) is 12.1 Å². The first-order chi connectivity index (χ1) is 9.56. The maximum Gasteiger partial charge on any atom is 0.279 e. The van der Waals surface area contributed by atoms with Crippen LogP contribution < -0.4 is 10.2 Å². The molecule has 1 aliphatic heterocycles. The fourth-order valence-corrected chi connectivity index (χ4v) is 2.51. The number of carbonyl (C=O) groups excluding carboxylic acids is 1. The Balaban J connectivity index is 1.99. The Kier molecular flexibility index (Phi) is 4.68. The molecule has 6 nitrogen and oxygen atoms in total. The van der Waals surface area contributed by atoms with E-state index in [0.717, 1.165) is 18.7 Å². The summed E-state index contributed by atoms with van der Waals surface area (Å²) in [5.41, 5.74) is 1.36. The number of benzene rings is 1. The van der Waals surface area contributed by atoms with Gasteiger partial charge in [-0.3, -0.25) is 14.9 Å². The summed E-state index contributed by atoms with van der Waals surface area (Å²) in [5, 5.41) is 13.5. The van der Waals surface area contributed by atoms with Crippen LogP contribution in [0.1, 0.15) is 24.8 Å². The van der Waals surface area contributed by atoms with E-state index in [1.165, 1.54) is 36.3 Å². The number of nitrogens with one attached hydrogen (secondary N) is 2. The Morgan fingerprint density at radius 2 is 2.05 bits per heavy atom. The zero-order valence-electron chi connectivity index (χ0n) is 11.6. The van der Waals surface area contributed by atoms with Crippen molar-refractivity contribution in [1.82, 2.24) is 0 Å². The number of hydrogen-bond acceptors (Lipinski definition) is 3. The predicted octanol–water partition coefficient (Wildman–Crippen LogP) is 0.911. The van der Waals surface area contributed by atoms with E-state index in [9.17, 15) is 14.9 Å². The molecule has 1 amide bonds. The number of carbonyl (C=O) groups is 1. The average molecular weight is 278 g/mol. The van der Waals surface area contributed by atoms with E-state index in [0.29, 0.717) is 12.2 Å². The molecule has 1 fully saturated rings. The lowest BCUT2D eigenvalue weighted by Gasteiger charge is -2.22. The molecule has 0 saturated carbocycles. The lowest BCUT2D eigenvalue weighted by Crippen LogP contribution is -3.13. The van der Waals surface area contributed by atoms with Crippen LogP contribution >= 0.6 is 0 Å². The molecule has 0 unspecified atom stereocenters. The molecule has 0 spiro atoms. The number of amides is 1. The van der Waals surface area contributed by atoms with Gasteiger partial charge < -0.3 is 10.2 Å². The number of aryl methyl sites for hydroxylation is 1. The number of piperidine rings is 1. The highest BCUT2D eigenvalue weighted by atomic mass is 16.6. The molecule has 0 radical (unpaired) electrons. The lowest BCUT2D eigenvalue weighted by atomic mass is 10.1. The number of likely N-dealkylation sites (tertiary alicyclic amines) is 1. The molecule has 2 rings (SSSR count). The summed E-state index contributed by atoms with van der Waals surface area (Å²) in [6.07, 6.45) is 3.58. The van der Waals surface area contributed by atoms with Crippen LogP contribution in [0.3, 0.4) is 0 Å². The van der Waals surface area contributed by atoms with Gasteiger partial charge >= 0.3 is 0 Å². The second-order valence-electron chi connectivity index (χ2n) is 5.29. The second-order valence-corrected chi connectivity index (χ2v) is 5.29. The summed E-state index contributed by atoms with van der Waals surface area (Å²) in [7, 11) is 0. The fraction of sp³-hybridized carbons (Fsp3) is 0.500. The van der Waals surface area contributed by atoms with Gasteiger partial charge in [0.05, 0.1) is 23.7 Å². The third kappa shape index (κ3) is 3.77. The molecule has 1 heterocycles. The van der Waals surface area contributed by atoms with Crippen LogP contribution in [-0.2, 0) is 4.79 Å². The van der Waals surface area contributed by atoms with Gasteiger partial charge in [0.2, 0.25) is 0 Å². The first kappa shape index (κ1) is 14.5. The van der Waals surface area contributed by atoms with E-state index in [2.05, 4.69) is 5.32 Å². The van der Waals surface area contributed by atoms with E-state index >= 15 is 0 Å². The SMILES string of the molecule is Cc1ccc([N+](=O)[O-])cc1NC(=O)C[NH+]1CCCCC1. The van der Waals surface area contributed by atoms with Gasteiger partial charge in [0.15, 0.2) is 6.54 Å². The van der Waals surface area contributed by atoms with E-state index in [1.54, 1.807) is 6.07 Å². The first-order valence-corrected chi connectivity index (χ1v) is 6.95. The number of anilines is 1. The third-order valence-corrected chi connectivity index (χ3v) is 3.68. The van der Waals surface area contributed by atoms with Gasteiger partial charge in [-0.25, -0.2) is 0 Å². The predicted molar refractivity (Wildman–Crippen MR) is 75.9 cm³/mol. The first-order valence-electron chi connectivity index (χ1n) is 6.95. The monoisotopic (exact) mass is 278 g/mol. The van der Waals surface area contributed by atoms with Gasteiger partial charge in [0.25, 0.3) is 11.6 Å². The van der Waals surface area contributed by atoms with E-state index < -0.39 is 4.92 Å². The molecule has 1 aliphatic rings. The lowest BCUT2D eigenvalue weighted by molar-refractivity contribution is -0.896. The Morgan fingerprint density at radius 1 is 1.35 bits per heavy atom. The van der Waals surface area contributed by atoms with Gasteiger partial charge in [-0.15, -0.1) is 0 Å². The minimum atomic E-state index is -0.453. The average Bonchev–Trinajstić information content (AvgIpc) is 2.42. The van der Waals surface area contributed by atoms with Crippen LogP contribution in [0.5, 0.6) is 0 Å². The van der Waals surface area contributed by atoms with Crippen molar-refractivity contribution < 1.29 is 14.6 Å². The topological polar surface area (TPSA) is 76.7 Å². The van der Waals surface area contributed by atoms with E-state index in [4.69, 9.17) is 0 Å². The van der Waals surface area contributed by atoms with Crippen LogP contribution in [0, 0.1) is 17.0 Å². The van der Waals surface area contributed by atoms with Gasteiger partial charge in [-0.1, -0.05) is 6.07 Å². The van der Waals surface area contributed by atoms with E-state index in [1.807, 2.05) is 6.92 Å². The summed E-state index contributed by atoms with van der Waals surface area (Å²) in [5.74, 6) is -0.0782. The molecule has 0 atom stereocenters. The summed E-state index contributed by atoms with van der Waals surface area (Å²) < 4.78 is 0. The van der Waals surface area contributed by atoms with Crippen LogP contribution in [-0.4, -0.2) is 30.5 Å². The Labute approximate surface area is 117 Å². The van der Waals surface area contributed by atoms with Gasteiger partial charge in [-0.05, 0) is 31.7 Å². The summed E-state index contributed by atoms with van der Waals surface area (Å²) in [6.45, 7) is 4.32. The molecule has 1 aromatic rings. The molecule has 20 heavy (non-hydrogen) atoms. The van der Waals surface area contributed by atoms with Crippen LogP contribution in [0.25, 0.3) is 0 Å². The standard InChI is InChI=1S/C14H19N3O3/c1-11-5-6-12(17(19)20)9-13(11)15-14(18)10-16-7-3-2-4-8-16/h5-6,9H,2-4,7-8,10H2,1H3,(H,15,18)/p+1. The number of quaternary nitrogens is 1. The summed E-state index contributed by atoms with van der Waals surface area (Å²) in [4.78, 5) is 23.6. The van der Waals surface area contributed by atoms with Crippen molar-refractivity contribution in [2.75, 3.05) is 25.0 Å². The number of rotatable bonds is 4. The minimum absolute atomic E-state index is 0.00350. The third-order valence-electron chi connectivity index (χ3n) is 3.68. The number of nitro groups is 1. The van der Waals surface area contributed by atoms with E-state index in [-0.39, 0.29) is 11.6 Å². The van der Waals surface area contributed by atoms with Crippen LogP contribution in [0.4, 0.5) is 11.4 Å². The molecule has 1 saturated heterocycles.